The number of nitrogens with one attached hydrogen (secondary N) is 1. The number of carbonyl (C=O) groups excluding carboxylic acids is 3. The highest BCUT2D eigenvalue weighted by molar-refractivity contribution is 8.18. The lowest BCUT2D eigenvalue weighted by Crippen LogP contribution is -2.36. The van der Waals surface area contributed by atoms with Crippen molar-refractivity contribution in [2.75, 3.05) is 18.5 Å². The van der Waals surface area contributed by atoms with Crippen LogP contribution in [0.2, 0.25) is 5.02 Å². The number of imide groups is 1. The minimum absolute atomic E-state index is 0.150. The maximum absolute atomic E-state index is 13.2. The van der Waals surface area contributed by atoms with Gasteiger partial charge in [-0.25, -0.2) is 4.39 Å². The summed E-state index contributed by atoms with van der Waals surface area (Å²) >= 11 is 6.43. The first kappa shape index (κ1) is 21.6. The van der Waals surface area contributed by atoms with E-state index in [1.165, 1.54) is 12.1 Å². The second-order valence-corrected chi connectivity index (χ2v) is 7.51. The van der Waals surface area contributed by atoms with Crippen LogP contribution in [0.4, 0.5) is 14.9 Å². The van der Waals surface area contributed by atoms with Gasteiger partial charge in [-0.05, 0) is 53.7 Å². The summed E-state index contributed by atoms with van der Waals surface area (Å²) in [4.78, 5) is 38.0. The molecule has 0 unspecified atom stereocenters. The molecule has 0 atom stereocenters. The SMILES string of the molecule is C=CCOc1ccc(/C=C2/SC(=O)N(CC(=O)Nc3ccc(F)c(Cl)c3)C2=O)cc1. The lowest BCUT2D eigenvalue weighted by atomic mass is 10.2. The number of rotatable bonds is 7. The Morgan fingerprint density at radius 1 is 1.23 bits per heavy atom. The van der Waals surface area contributed by atoms with Gasteiger partial charge in [-0.1, -0.05) is 36.4 Å². The zero-order chi connectivity index (χ0) is 21.7. The first-order chi connectivity index (χ1) is 14.4. The van der Waals surface area contributed by atoms with Gasteiger partial charge in [-0.15, -0.1) is 0 Å². The molecule has 6 nitrogen and oxygen atoms in total. The van der Waals surface area contributed by atoms with Crippen molar-refractivity contribution in [2.45, 2.75) is 0 Å². The normalized spacial score (nSPS) is 14.9. The number of hydrogen-bond donors (Lipinski definition) is 1. The predicted molar refractivity (Wildman–Crippen MR) is 115 cm³/mol. The molecule has 1 heterocycles. The molecule has 0 saturated carbocycles. The first-order valence-electron chi connectivity index (χ1n) is 8.71. The molecule has 0 aliphatic carbocycles. The van der Waals surface area contributed by atoms with Crippen molar-refractivity contribution in [1.82, 2.24) is 4.90 Å². The number of ether oxygens (including phenoxy) is 1. The van der Waals surface area contributed by atoms with E-state index in [0.717, 1.165) is 22.7 Å². The van der Waals surface area contributed by atoms with Crippen LogP contribution in [-0.4, -0.2) is 35.1 Å². The van der Waals surface area contributed by atoms with Crippen molar-refractivity contribution >= 4 is 52.2 Å². The lowest BCUT2D eigenvalue weighted by Gasteiger charge is -2.12. The molecule has 9 heteroatoms. The predicted octanol–water partition coefficient (Wildman–Crippen LogP) is 4.72. The fourth-order valence-electron chi connectivity index (χ4n) is 2.52. The minimum atomic E-state index is -0.619. The van der Waals surface area contributed by atoms with E-state index in [0.29, 0.717) is 17.9 Å². The molecular formula is C21H16ClFN2O4S. The highest BCUT2D eigenvalue weighted by atomic mass is 35.5. The quantitative estimate of drug-likeness (QED) is 0.492. The van der Waals surface area contributed by atoms with Gasteiger partial charge in [-0.2, -0.15) is 0 Å². The van der Waals surface area contributed by atoms with Crippen molar-refractivity contribution in [3.63, 3.8) is 0 Å². The summed E-state index contributed by atoms with van der Waals surface area (Å²) in [7, 11) is 0. The van der Waals surface area contributed by atoms with Crippen LogP contribution < -0.4 is 10.1 Å². The molecule has 0 radical (unpaired) electrons. The van der Waals surface area contributed by atoms with E-state index in [1.54, 1.807) is 36.4 Å². The summed E-state index contributed by atoms with van der Waals surface area (Å²) in [5.74, 6) is -1.14. The Labute approximate surface area is 181 Å². The highest BCUT2D eigenvalue weighted by Crippen LogP contribution is 2.32. The van der Waals surface area contributed by atoms with Gasteiger partial charge < -0.3 is 10.1 Å². The van der Waals surface area contributed by atoms with Crippen LogP contribution in [0.5, 0.6) is 5.75 Å². The van der Waals surface area contributed by atoms with Crippen molar-refractivity contribution < 1.29 is 23.5 Å². The molecule has 2 aromatic carbocycles. The van der Waals surface area contributed by atoms with E-state index in [4.69, 9.17) is 16.3 Å². The molecular weight excluding hydrogens is 431 g/mol. The second-order valence-electron chi connectivity index (χ2n) is 6.11. The number of nitrogens with zero attached hydrogens (tertiary/aromatic N) is 1. The maximum Gasteiger partial charge on any atom is 0.294 e. The largest absolute Gasteiger partial charge is 0.490 e. The van der Waals surface area contributed by atoms with Gasteiger partial charge in [0.25, 0.3) is 11.1 Å². The third-order valence-electron chi connectivity index (χ3n) is 3.92. The molecule has 30 heavy (non-hydrogen) atoms. The van der Waals surface area contributed by atoms with E-state index in [2.05, 4.69) is 11.9 Å². The standard InChI is InChI=1S/C21H16ClFN2O4S/c1-2-9-29-15-6-3-13(4-7-15)10-18-20(27)25(21(28)30-18)12-19(26)24-14-5-8-17(23)16(22)11-14/h2-8,10-11H,1,9,12H2,(H,24,26)/b18-10+. The van der Waals surface area contributed by atoms with E-state index >= 15 is 0 Å². The minimum Gasteiger partial charge on any atom is -0.490 e. The van der Waals surface area contributed by atoms with E-state index < -0.39 is 29.4 Å². The molecule has 0 spiro atoms. The molecule has 2 aromatic rings. The van der Waals surface area contributed by atoms with Gasteiger partial charge in [-0.3, -0.25) is 19.3 Å². The van der Waals surface area contributed by atoms with Gasteiger partial charge in [0.2, 0.25) is 5.91 Å². The van der Waals surface area contributed by atoms with Crippen LogP contribution in [0, 0.1) is 5.82 Å². The van der Waals surface area contributed by atoms with Crippen molar-refractivity contribution in [1.29, 1.82) is 0 Å². The summed E-state index contributed by atoms with van der Waals surface area (Å²) in [6.07, 6.45) is 3.20. The van der Waals surface area contributed by atoms with Crippen molar-refractivity contribution in [2.24, 2.45) is 0 Å². The van der Waals surface area contributed by atoms with Gasteiger partial charge in [0.1, 0.15) is 24.7 Å². The van der Waals surface area contributed by atoms with Crippen molar-refractivity contribution in [3.8, 4) is 5.75 Å². The Kier molecular flexibility index (Phi) is 6.91. The molecule has 3 amide bonds. The monoisotopic (exact) mass is 446 g/mol. The van der Waals surface area contributed by atoms with Crippen LogP contribution >= 0.6 is 23.4 Å². The Morgan fingerprint density at radius 3 is 2.63 bits per heavy atom. The van der Waals surface area contributed by atoms with Gasteiger partial charge in [0, 0.05) is 5.69 Å². The smallest absolute Gasteiger partial charge is 0.294 e. The summed E-state index contributed by atoms with van der Waals surface area (Å²) in [6, 6.07) is 10.6. The van der Waals surface area contributed by atoms with Gasteiger partial charge in [0.05, 0.1) is 9.93 Å². The fraction of sp³-hybridized carbons (Fsp3) is 0.0952. The molecule has 1 N–H and O–H groups in total. The number of hydrogen-bond acceptors (Lipinski definition) is 5. The maximum atomic E-state index is 13.2. The third kappa shape index (κ3) is 5.28. The Morgan fingerprint density at radius 2 is 1.97 bits per heavy atom. The Bertz CT molecular complexity index is 1040. The van der Waals surface area contributed by atoms with Gasteiger partial charge in [0.15, 0.2) is 0 Å². The molecule has 1 saturated heterocycles. The average molecular weight is 447 g/mol. The van der Waals surface area contributed by atoms with E-state index in [9.17, 15) is 18.8 Å². The average Bonchev–Trinajstić information content (AvgIpc) is 2.97. The molecule has 0 aromatic heterocycles. The lowest BCUT2D eigenvalue weighted by molar-refractivity contribution is -0.127. The van der Waals surface area contributed by atoms with Crippen LogP contribution in [-0.2, 0) is 9.59 Å². The molecule has 0 bridgehead atoms. The van der Waals surface area contributed by atoms with Crippen LogP contribution in [0.15, 0.2) is 60.0 Å². The molecule has 3 rings (SSSR count). The topological polar surface area (TPSA) is 75.7 Å². The summed E-state index contributed by atoms with van der Waals surface area (Å²) in [5.41, 5.74) is 0.963. The van der Waals surface area contributed by atoms with E-state index in [1.807, 2.05) is 0 Å². The fourth-order valence-corrected chi connectivity index (χ4v) is 3.54. The zero-order valence-corrected chi connectivity index (χ0v) is 17.1. The van der Waals surface area contributed by atoms with Crippen molar-refractivity contribution in [3.05, 3.63) is 76.4 Å². The molecule has 1 aliphatic rings. The zero-order valence-electron chi connectivity index (χ0n) is 15.6. The van der Waals surface area contributed by atoms with E-state index in [-0.39, 0.29) is 15.6 Å². The van der Waals surface area contributed by atoms with Crippen LogP contribution in [0.3, 0.4) is 0 Å². The summed E-state index contributed by atoms with van der Waals surface area (Å²) in [6.45, 7) is 3.49. The van der Waals surface area contributed by atoms with Crippen LogP contribution in [0.25, 0.3) is 6.08 Å². The number of halogens is 2. The summed E-state index contributed by atoms with van der Waals surface area (Å²) in [5, 5.41) is 1.78. The van der Waals surface area contributed by atoms with Crippen LogP contribution in [0.1, 0.15) is 5.56 Å². The first-order valence-corrected chi connectivity index (χ1v) is 9.91. The number of carbonyl (C=O) groups is 3. The molecule has 1 fully saturated rings. The number of benzene rings is 2. The third-order valence-corrected chi connectivity index (χ3v) is 5.12. The number of thioether (sulfide) groups is 1. The molecule has 1 aliphatic heterocycles. The second kappa shape index (κ2) is 9.60. The Hall–Kier alpha value is -3.10. The van der Waals surface area contributed by atoms with Gasteiger partial charge >= 0.3 is 0 Å². The Balaban J connectivity index is 1.65. The molecule has 154 valence electrons. The number of anilines is 1. The highest BCUT2D eigenvalue weighted by Gasteiger charge is 2.36. The number of amides is 3. The summed E-state index contributed by atoms with van der Waals surface area (Å²) < 4.78 is 18.6.